The molecule has 6 heteroatoms. The van der Waals surface area contributed by atoms with Gasteiger partial charge in [-0.3, -0.25) is 0 Å². The number of hydrogen-bond donors (Lipinski definition) is 2. The van der Waals surface area contributed by atoms with Crippen molar-refractivity contribution in [2.45, 2.75) is 33.4 Å². The molecule has 0 amide bonds. The summed E-state index contributed by atoms with van der Waals surface area (Å²) >= 11 is 0. The number of likely N-dealkylation sites (N-methyl/N-ethyl adjacent to an activating group) is 1. The van der Waals surface area contributed by atoms with Crippen molar-refractivity contribution in [3.63, 3.8) is 0 Å². The van der Waals surface area contributed by atoms with Crippen molar-refractivity contribution >= 4 is 0 Å². The topological polar surface area (TPSA) is 74.4 Å². The molecule has 0 saturated carbocycles. The number of hydrogen-bond acceptors (Lipinski definition) is 6. The van der Waals surface area contributed by atoms with Crippen LogP contribution in [0.5, 0.6) is 0 Å². The summed E-state index contributed by atoms with van der Waals surface area (Å²) in [7, 11) is 0. The molecule has 0 aliphatic rings. The van der Waals surface area contributed by atoms with Crippen LogP contribution in [0.25, 0.3) is 0 Å². The van der Waals surface area contributed by atoms with Crippen LogP contribution in [0.3, 0.4) is 0 Å². The summed E-state index contributed by atoms with van der Waals surface area (Å²) < 4.78 is 4.85. The Morgan fingerprint density at radius 3 is 2.65 bits per heavy atom. The Morgan fingerprint density at radius 2 is 2.12 bits per heavy atom. The Bertz CT molecular complexity index is 312. The summed E-state index contributed by atoms with van der Waals surface area (Å²) in [5, 5.41) is 16.7. The molecule has 17 heavy (non-hydrogen) atoms. The Kier molecular flexibility index (Phi) is 6.10. The van der Waals surface area contributed by atoms with E-state index in [0.29, 0.717) is 31.3 Å². The SMILES string of the molecule is CCN(CC)CC(O)CNCc1noc(C)n1. The van der Waals surface area contributed by atoms with Crippen molar-refractivity contribution in [2.24, 2.45) is 0 Å². The monoisotopic (exact) mass is 242 g/mol. The van der Waals surface area contributed by atoms with Crippen molar-refractivity contribution in [2.75, 3.05) is 26.2 Å². The minimum Gasteiger partial charge on any atom is -0.390 e. The normalized spacial score (nSPS) is 13.2. The third-order valence-electron chi connectivity index (χ3n) is 2.60. The highest BCUT2D eigenvalue weighted by Gasteiger charge is 2.09. The molecule has 0 fully saturated rings. The average molecular weight is 242 g/mol. The number of aryl methyl sites for hydroxylation is 1. The van der Waals surface area contributed by atoms with Gasteiger partial charge in [0.15, 0.2) is 5.82 Å². The molecular weight excluding hydrogens is 220 g/mol. The lowest BCUT2D eigenvalue weighted by molar-refractivity contribution is 0.116. The fourth-order valence-electron chi connectivity index (χ4n) is 1.61. The highest BCUT2D eigenvalue weighted by atomic mass is 16.5. The van der Waals surface area contributed by atoms with Gasteiger partial charge >= 0.3 is 0 Å². The van der Waals surface area contributed by atoms with Crippen LogP contribution < -0.4 is 5.32 Å². The van der Waals surface area contributed by atoms with Gasteiger partial charge in [-0.25, -0.2) is 0 Å². The number of rotatable bonds is 8. The Hall–Kier alpha value is -0.980. The molecule has 6 nitrogen and oxygen atoms in total. The lowest BCUT2D eigenvalue weighted by Gasteiger charge is -2.21. The van der Waals surface area contributed by atoms with E-state index in [0.717, 1.165) is 13.1 Å². The number of aliphatic hydroxyl groups excluding tert-OH is 1. The number of nitrogens with zero attached hydrogens (tertiary/aromatic N) is 3. The van der Waals surface area contributed by atoms with Crippen LogP contribution in [0, 0.1) is 6.92 Å². The van der Waals surface area contributed by atoms with Crippen molar-refractivity contribution < 1.29 is 9.63 Å². The van der Waals surface area contributed by atoms with Crippen molar-refractivity contribution in [3.05, 3.63) is 11.7 Å². The van der Waals surface area contributed by atoms with Crippen LogP contribution in [0.4, 0.5) is 0 Å². The molecule has 0 spiro atoms. The molecule has 0 aromatic carbocycles. The van der Waals surface area contributed by atoms with Crippen LogP contribution in [0.15, 0.2) is 4.52 Å². The van der Waals surface area contributed by atoms with Crippen molar-refractivity contribution in [1.29, 1.82) is 0 Å². The van der Waals surface area contributed by atoms with E-state index in [1.807, 2.05) is 0 Å². The zero-order valence-electron chi connectivity index (χ0n) is 10.8. The average Bonchev–Trinajstić information content (AvgIpc) is 2.72. The third kappa shape index (κ3) is 5.25. The van der Waals surface area contributed by atoms with Gasteiger partial charge in [-0.1, -0.05) is 19.0 Å². The van der Waals surface area contributed by atoms with E-state index in [2.05, 4.69) is 34.2 Å². The van der Waals surface area contributed by atoms with E-state index in [9.17, 15) is 5.11 Å². The van der Waals surface area contributed by atoms with Gasteiger partial charge in [-0.2, -0.15) is 4.98 Å². The first-order chi connectivity index (χ1) is 8.15. The fraction of sp³-hybridized carbons (Fsp3) is 0.818. The molecule has 0 radical (unpaired) electrons. The summed E-state index contributed by atoms with van der Waals surface area (Å²) in [6.45, 7) is 9.58. The highest BCUT2D eigenvalue weighted by molar-refractivity contribution is 4.83. The van der Waals surface area contributed by atoms with Gasteiger partial charge in [0.1, 0.15) is 0 Å². The van der Waals surface area contributed by atoms with Crippen LogP contribution in [0.1, 0.15) is 25.6 Å². The van der Waals surface area contributed by atoms with E-state index in [1.165, 1.54) is 0 Å². The molecule has 0 bridgehead atoms. The molecule has 1 atom stereocenters. The van der Waals surface area contributed by atoms with Crippen molar-refractivity contribution in [3.8, 4) is 0 Å². The number of aliphatic hydroxyl groups is 1. The van der Waals surface area contributed by atoms with Crippen molar-refractivity contribution in [1.82, 2.24) is 20.4 Å². The molecule has 0 saturated heterocycles. The highest BCUT2D eigenvalue weighted by Crippen LogP contribution is 1.95. The first kappa shape index (κ1) is 14.1. The van der Waals surface area contributed by atoms with E-state index >= 15 is 0 Å². The van der Waals surface area contributed by atoms with Gasteiger partial charge in [0.2, 0.25) is 5.89 Å². The number of nitrogens with one attached hydrogen (secondary N) is 1. The standard InChI is InChI=1S/C11H22N4O2/c1-4-15(5-2)8-10(16)6-12-7-11-13-9(3)17-14-11/h10,12,16H,4-8H2,1-3H3. The number of aromatic nitrogens is 2. The van der Waals surface area contributed by atoms with Crippen LogP contribution in [0.2, 0.25) is 0 Å². The maximum atomic E-state index is 9.80. The van der Waals surface area contributed by atoms with Gasteiger partial charge in [-0.05, 0) is 13.1 Å². The molecule has 1 heterocycles. The molecular formula is C11H22N4O2. The second kappa shape index (κ2) is 7.37. The van der Waals surface area contributed by atoms with Crippen LogP contribution in [-0.2, 0) is 6.54 Å². The summed E-state index contributed by atoms with van der Waals surface area (Å²) in [6.07, 6.45) is -0.372. The summed E-state index contributed by atoms with van der Waals surface area (Å²) in [6, 6.07) is 0. The molecule has 98 valence electrons. The Balaban J connectivity index is 2.17. The first-order valence-electron chi connectivity index (χ1n) is 6.06. The second-order valence-corrected chi connectivity index (χ2v) is 4.00. The molecule has 1 unspecified atom stereocenters. The molecule has 1 rings (SSSR count). The summed E-state index contributed by atoms with van der Waals surface area (Å²) in [5.74, 6) is 1.18. The zero-order chi connectivity index (χ0) is 12.7. The van der Waals surface area contributed by atoms with E-state index in [-0.39, 0.29) is 6.10 Å². The Labute approximate surface area is 102 Å². The van der Waals surface area contributed by atoms with Gasteiger partial charge in [0, 0.05) is 20.0 Å². The van der Waals surface area contributed by atoms with Gasteiger partial charge in [0.25, 0.3) is 0 Å². The van der Waals surface area contributed by atoms with Crippen LogP contribution >= 0.6 is 0 Å². The summed E-state index contributed by atoms with van der Waals surface area (Å²) in [5.41, 5.74) is 0. The first-order valence-corrected chi connectivity index (χ1v) is 6.06. The fourth-order valence-corrected chi connectivity index (χ4v) is 1.61. The minimum atomic E-state index is -0.372. The molecule has 0 aliphatic heterocycles. The maximum absolute atomic E-state index is 9.80. The zero-order valence-corrected chi connectivity index (χ0v) is 10.8. The van der Waals surface area contributed by atoms with Gasteiger partial charge in [-0.15, -0.1) is 0 Å². The van der Waals surface area contributed by atoms with Crippen LogP contribution in [-0.4, -0.2) is 52.4 Å². The molecule has 1 aromatic rings. The third-order valence-corrected chi connectivity index (χ3v) is 2.60. The lowest BCUT2D eigenvalue weighted by Crippen LogP contribution is -2.38. The predicted octanol–water partition coefficient (Wildman–Crippen LogP) is 0.170. The second-order valence-electron chi connectivity index (χ2n) is 4.00. The van der Waals surface area contributed by atoms with Gasteiger partial charge in [0.05, 0.1) is 12.6 Å². The maximum Gasteiger partial charge on any atom is 0.223 e. The Morgan fingerprint density at radius 1 is 1.41 bits per heavy atom. The quantitative estimate of drug-likeness (QED) is 0.677. The molecule has 2 N–H and O–H groups in total. The molecule has 1 aromatic heterocycles. The smallest absolute Gasteiger partial charge is 0.223 e. The lowest BCUT2D eigenvalue weighted by atomic mass is 10.3. The van der Waals surface area contributed by atoms with E-state index in [4.69, 9.17) is 4.52 Å². The molecule has 0 aliphatic carbocycles. The minimum absolute atomic E-state index is 0.372. The van der Waals surface area contributed by atoms with Gasteiger partial charge < -0.3 is 19.8 Å². The largest absolute Gasteiger partial charge is 0.390 e. The van der Waals surface area contributed by atoms with E-state index in [1.54, 1.807) is 6.92 Å². The predicted molar refractivity (Wildman–Crippen MR) is 64.5 cm³/mol. The summed E-state index contributed by atoms with van der Waals surface area (Å²) in [4.78, 5) is 6.25. The van der Waals surface area contributed by atoms with E-state index < -0.39 is 0 Å².